The van der Waals surface area contributed by atoms with Crippen molar-refractivity contribution in [1.82, 2.24) is 5.32 Å². The summed E-state index contributed by atoms with van der Waals surface area (Å²) in [7, 11) is 0. The van der Waals surface area contributed by atoms with Crippen molar-refractivity contribution in [3.05, 3.63) is 0 Å². The molecule has 86 valence electrons. The van der Waals surface area contributed by atoms with Crippen LogP contribution in [0.4, 0.5) is 0 Å². The molecule has 0 aliphatic heterocycles. The van der Waals surface area contributed by atoms with E-state index in [2.05, 4.69) is 5.32 Å². The molecular formula is C9H13Cl2NO3. The van der Waals surface area contributed by atoms with Crippen molar-refractivity contribution in [2.45, 2.75) is 24.6 Å². The molecular weight excluding hydrogens is 241 g/mol. The lowest BCUT2D eigenvalue weighted by atomic mass is 9.94. The number of rotatable bonds is 4. The van der Waals surface area contributed by atoms with Crippen LogP contribution in [0.1, 0.15) is 20.3 Å². The van der Waals surface area contributed by atoms with E-state index in [1.165, 1.54) is 13.8 Å². The molecule has 4 nitrogen and oxygen atoms in total. The number of hydrogen-bond donors (Lipinski definition) is 2. The Morgan fingerprint density at radius 3 is 2.33 bits per heavy atom. The summed E-state index contributed by atoms with van der Waals surface area (Å²) in [4.78, 5) is 22.2. The summed E-state index contributed by atoms with van der Waals surface area (Å²) in [6.45, 7) is 3.15. The maximum atomic E-state index is 11.4. The summed E-state index contributed by atoms with van der Waals surface area (Å²) in [5, 5.41) is 11.3. The second kappa shape index (κ2) is 3.83. The fraction of sp³-hybridized carbons (Fsp3) is 0.778. The fourth-order valence-electron chi connectivity index (χ4n) is 1.00. The van der Waals surface area contributed by atoms with Crippen molar-refractivity contribution in [2.75, 3.05) is 6.54 Å². The van der Waals surface area contributed by atoms with Gasteiger partial charge >= 0.3 is 5.97 Å². The molecule has 1 amide bonds. The number of carboxylic acids is 1. The first-order chi connectivity index (χ1) is 6.67. The predicted octanol–water partition coefficient (Wildman–Crippen LogP) is 1.41. The monoisotopic (exact) mass is 253 g/mol. The van der Waals surface area contributed by atoms with Crippen molar-refractivity contribution in [1.29, 1.82) is 0 Å². The van der Waals surface area contributed by atoms with E-state index in [-0.39, 0.29) is 12.5 Å². The Balaban J connectivity index is 2.39. The zero-order chi connectivity index (χ0) is 11.9. The molecule has 15 heavy (non-hydrogen) atoms. The molecule has 1 fully saturated rings. The zero-order valence-corrected chi connectivity index (χ0v) is 10.0. The van der Waals surface area contributed by atoms with Gasteiger partial charge in [0.2, 0.25) is 5.91 Å². The van der Waals surface area contributed by atoms with Gasteiger partial charge in [-0.05, 0) is 20.3 Å². The molecule has 0 spiro atoms. The van der Waals surface area contributed by atoms with Crippen LogP contribution < -0.4 is 5.32 Å². The second-order valence-electron chi connectivity index (χ2n) is 4.42. The highest BCUT2D eigenvalue weighted by Gasteiger charge is 2.56. The maximum Gasteiger partial charge on any atom is 0.310 e. The quantitative estimate of drug-likeness (QED) is 0.745. The first-order valence-electron chi connectivity index (χ1n) is 4.56. The molecule has 1 unspecified atom stereocenters. The molecule has 1 atom stereocenters. The van der Waals surface area contributed by atoms with E-state index in [1.54, 1.807) is 0 Å². The van der Waals surface area contributed by atoms with E-state index in [4.69, 9.17) is 28.3 Å². The van der Waals surface area contributed by atoms with Gasteiger partial charge in [0.05, 0.1) is 11.3 Å². The number of aliphatic carboxylic acids is 1. The minimum absolute atomic E-state index is 0.0710. The lowest BCUT2D eigenvalue weighted by molar-refractivity contribution is -0.146. The number of carbonyl (C=O) groups is 2. The van der Waals surface area contributed by atoms with Gasteiger partial charge in [0, 0.05) is 6.54 Å². The van der Waals surface area contributed by atoms with E-state index in [9.17, 15) is 9.59 Å². The molecule has 0 aromatic rings. The number of carboxylic acid groups (broad SMARTS) is 1. The number of nitrogens with one attached hydrogen (secondary N) is 1. The number of carbonyl (C=O) groups excluding carboxylic acids is 1. The van der Waals surface area contributed by atoms with Gasteiger partial charge in [-0.2, -0.15) is 0 Å². The standard InChI is InChI=1S/C9H13Cl2NO3/c1-8(2,7(14)15)4-12-6(13)5-3-9(5,10)11/h5H,3-4H2,1-2H3,(H,12,13)(H,14,15). The van der Waals surface area contributed by atoms with Gasteiger partial charge in [0.1, 0.15) is 4.33 Å². The highest BCUT2D eigenvalue weighted by atomic mass is 35.5. The average molecular weight is 254 g/mol. The second-order valence-corrected chi connectivity index (χ2v) is 5.97. The molecule has 0 radical (unpaired) electrons. The first kappa shape index (κ1) is 12.6. The van der Waals surface area contributed by atoms with Crippen LogP contribution in [0, 0.1) is 11.3 Å². The van der Waals surface area contributed by atoms with Gasteiger partial charge < -0.3 is 10.4 Å². The molecule has 1 aliphatic carbocycles. The Kier molecular flexibility index (Phi) is 3.22. The lowest BCUT2D eigenvalue weighted by Gasteiger charge is -2.19. The summed E-state index contributed by atoms with van der Waals surface area (Å²) < 4.78 is -0.961. The molecule has 1 saturated carbocycles. The van der Waals surface area contributed by atoms with E-state index in [0.717, 1.165) is 0 Å². The van der Waals surface area contributed by atoms with Crippen molar-refractivity contribution in [3.63, 3.8) is 0 Å². The Labute approximate surface area is 97.9 Å². The summed E-state index contributed by atoms with van der Waals surface area (Å²) in [6, 6.07) is 0. The normalized spacial score (nSPS) is 23.3. The molecule has 2 N–H and O–H groups in total. The summed E-state index contributed by atoms with van der Waals surface area (Å²) in [5.41, 5.74) is -0.980. The van der Waals surface area contributed by atoms with E-state index in [1.807, 2.05) is 0 Å². The van der Waals surface area contributed by atoms with Crippen LogP contribution in [-0.4, -0.2) is 27.9 Å². The predicted molar refractivity (Wildman–Crippen MR) is 57.0 cm³/mol. The Hall–Kier alpha value is -0.480. The van der Waals surface area contributed by atoms with Crippen molar-refractivity contribution in [2.24, 2.45) is 11.3 Å². The van der Waals surface area contributed by atoms with Crippen molar-refractivity contribution < 1.29 is 14.7 Å². The minimum atomic E-state index is -0.980. The summed E-state index contributed by atoms with van der Waals surface area (Å²) in [6.07, 6.45) is 0.426. The third-order valence-corrected chi connectivity index (χ3v) is 3.26. The SMILES string of the molecule is CC(C)(CNC(=O)C1CC1(Cl)Cl)C(=O)O. The molecule has 0 aromatic carbocycles. The Morgan fingerprint density at radius 1 is 1.53 bits per heavy atom. The lowest BCUT2D eigenvalue weighted by Crippen LogP contribution is -2.40. The highest BCUT2D eigenvalue weighted by molar-refractivity contribution is 6.52. The molecule has 0 saturated heterocycles. The van der Waals surface area contributed by atoms with E-state index in [0.29, 0.717) is 6.42 Å². The van der Waals surface area contributed by atoms with Crippen LogP contribution in [-0.2, 0) is 9.59 Å². The van der Waals surface area contributed by atoms with Gasteiger partial charge in [0.25, 0.3) is 0 Å². The fourth-order valence-corrected chi connectivity index (χ4v) is 1.51. The number of alkyl halides is 2. The van der Waals surface area contributed by atoms with E-state index < -0.39 is 21.6 Å². The van der Waals surface area contributed by atoms with Crippen LogP contribution >= 0.6 is 23.2 Å². The third-order valence-electron chi connectivity index (χ3n) is 2.43. The number of halogens is 2. The average Bonchev–Trinajstić information content (AvgIpc) is 2.71. The highest BCUT2D eigenvalue weighted by Crippen LogP contribution is 2.53. The number of hydrogen-bond acceptors (Lipinski definition) is 2. The summed E-state index contributed by atoms with van der Waals surface area (Å²) in [5.74, 6) is -1.65. The number of amides is 1. The van der Waals surface area contributed by atoms with Gasteiger partial charge in [-0.3, -0.25) is 9.59 Å². The van der Waals surface area contributed by atoms with Crippen LogP contribution in [0.5, 0.6) is 0 Å². The van der Waals surface area contributed by atoms with Gasteiger partial charge in [-0.1, -0.05) is 0 Å². The first-order valence-corrected chi connectivity index (χ1v) is 5.31. The van der Waals surface area contributed by atoms with E-state index >= 15 is 0 Å². The maximum absolute atomic E-state index is 11.4. The van der Waals surface area contributed by atoms with Crippen LogP contribution in [0.25, 0.3) is 0 Å². The van der Waals surface area contributed by atoms with Crippen molar-refractivity contribution in [3.8, 4) is 0 Å². The molecule has 0 aromatic heterocycles. The van der Waals surface area contributed by atoms with Crippen LogP contribution in [0.15, 0.2) is 0 Å². The molecule has 1 aliphatic rings. The molecule has 1 rings (SSSR count). The van der Waals surface area contributed by atoms with Gasteiger partial charge in [-0.25, -0.2) is 0 Å². The largest absolute Gasteiger partial charge is 0.481 e. The topological polar surface area (TPSA) is 66.4 Å². The third kappa shape index (κ3) is 2.98. The summed E-state index contributed by atoms with van der Waals surface area (Å²) >= 11 is 11.4. The minimum Gasteiger partial charge on any atom is -0.481 e. The zero-order valence-electron chi connectivity index (χ0n) is 8.51. The van der Waals surface area contributed by atoms with Gasteiger partial charge in [0.15, 0.2) is 0 Å². The van der Waals surface area contributed by atoms with Crippen LogP contribution in [0.2, 0.25) is 0 Å². The Morgan fingerprint density at radius 2 is 2.00 bits per heavy atom. The molecule has 6 heteroatoms. The van der Waals surface area contributed by atoms with Crippen LogP contribution in [0.3, 0.4) is 0 Å². The van der Waals surface area contributed by atoms with Gasteiger partial charge in [-0.15, -0.1) is 23.2 Å². The smallest absolute Gasteiger partial charge is 0.310 e. The van der Waals surface area contributed by atoms with Crippen molar-refractivity contribution >= 4 is 35.1 Å². The molecule has 0 heterocycles. The molecule has 0 bridgehead atoms. The Bertz CT molecular complexity index is 302.